The predicted octanol–water partition coefficient (Wildman–Crippen LogP) is 5.78. The van der Waals surface area contributed by atoms with Gasteiger partial charge in [0.1, 0.15) is 0 Å². The summed E-state index contributed by atoms with van der Waals surface area (Å²) in [5.41, 5.74) is 1.44. The highest BCUT2D eigenvalue weighted by Gasteiger charge is 2.46. The molecule has 4 bridgehead atoms. The van der Waals surface area contributed by atoms with Crippen LogP contribution in [0, 0.1) is 11.8 Å². The number of para-hydroxylation sites is 1. The molecule has 6 rings (SSSR count). The molecule has 2 aliphatic heterocycles. The highest BCUT2D eigenvalue weighted by atomic mass is 15.3. The zero-order chi connectivity index (χ0) is 17.1. The first-order chi connectivity index (χ1) is 12.8. The summed E-state index contributed by atoms with van der Waals surface area (Å²) in [4.78, 5) is 3.05. The van der Waals surface area contributed by atoms with Gasteiger partial charge < -0.3 is 4.57 Å². The molecule has 3 heterocycles. The van der Waals surface area contributed by atoms with E-state index in [2.05, 4.69) is 46.0 Å². The lowest BCUT2D eigenvalue weighted by Gasteiger charge is -2.49. The Balaban J connectivity index is 1.24. The van der Waals surface area contributed by atoms with E-state index in [-0.39, 0.29) is 0 Å². The number of nitrogens with zero attached hydrogens (tertiary/aromatic N) is 2. The van der Waals surface area contributed by atoms with Crippen molar-refractivity contribution in [2.24, 2.45) is 11.8 Å². The lowest BCUT2D eigenvalue weighted by molar-refractivity contribution is 0.00830. The summed E-state index contributed by atoms with van der Waals surface area (Å²) in [6.07, 6.45) is 17.1. The van der Waals surface area contributed by atoms with Gasteiger partial charge in [-0.1, -0.05) is 37.5 Å². The molecule has 138 valence electrons. The van der Waals surface area contributed by atoms with Crippen LogP contribution in [0.3, 0.4) is 0 Å². The first kappa shape index (κ1) is 15.7. The maximum absolute atomic E-state index is 3.05. The maximum atomic E-state index is 3.05. The number of hydrogen-bond acceptors (Lipinski definition) is 1. The van der Waals surface area contributed by atoms with Crippen LogP contribution in [-0.2, 0) is 0 Å². The molecule has 0 spiro atoms. The highest BCUT2D eigenvalue weighted by molar-refractivity contribution is 5.80. The number of hydrogen-bond donors (Lipinski definition) is 0. The van der Waals surface area contributed by atoms with Crippen LogP contribution in [0.25, 0.3) is 10.9 Å². The molecule has 2 heteroatoms. The van der Waals surface area contributed by atoms with Crippen LogP contribution in [0.1, 0.15) is 70.3 Å². The number of benzene rings is 1. The second-order valence-corrected chi connectivity index (χ2v) is 9.76. The molecule has 0 unspecified atom stereocenters. The van der Waals surface area contributed by atoms with Crippen molar-refractivity contribution in [3.8, 4) is 0 Å². The van der Waals surface area contributed by atoms with Crippen LogP contribution in [0.5, 0.6) is 0 Å². The molecular formula is C24H32N2. The van der Waals surface area contributed by atoms with Gasteiger partial charge in [-0.15, -0.1) is 0 Å². The minimum Gasteiger partial charge on any atom is -0.344 e. The van der Waals surface area contributed by atoms with Gasteiger partial charge in [0, 0.05) is 35.9 Å². The summed E-state index contributed by atoms with van der Waals surface area (Å²) in [7, 11) is 0. The lowest BCUT2D eigenvalue weighted by Crippen LogP contribution is -2.52. The summed E-state index contributed by atoms with van der Waals surface area (Å²) in [5.74, 6) is 2.11. The molecule has 4 aliphatic rings. The monoisotopic (exact) mass is 348 g/mol. The molecule has 0 amide bonds. The van der Waals surface area contributed by atoms with Crippen molar-refractivity contribution in [3.63, 3.8) is 0 Å². The SMILES string of the molecule is c1ccc2c(c1)ccn2[C@H]1C[C@H]2CC[C@@H](C1)N2[C@H]1C[C@@H]2CCC[C@@H](C2)C1. The van der Waals surface area contributed by atoms with E-state index in [1.165, 1.54) is 68.7 Å². The van der Waals surface area contributed by atoms with Gasteiger partial charge in [0.2, 0.25) is 0 Å². The van der Waals surface area contributed by atoms with Gasteiger partial charge in [0.05, 0.1) is 0 Å². The van der Waals surface area contributed by atoms with Crippen LogP contribution in [0.15, 0.2) is 36.5 Å². The van der Waals surface area contributed by atoms with Crippen LogP contribution in [-0.4, -0.2) is 27.6 Å². The number of aromatic nitrogens is 1. The second kappa shape index (κ2) is 6.12. The summed E-state index contributed by atoms with van der Waals surface area (Å²) in [6, 6.07) is 14.6. The fraction of sp³-hybridized carbons (Fsp3) is 0.667. The largest absolute Gasteiger partial charge is 0.344 e. The standard InChI is InChI=1S/C24H32N2/c1-2-7-24-19(6-1)10-11-25(24)22-15-20-8-9-21(16-22)26(20)23-13-17-4-3-5-18(12-17)14-23/h1-2,6-7,10-11,17-18,20-23H,3-5,8-9,12-16H2/t17-,18+,20-,21+,22+,23+. The van der Waals surface area contributed by atoms with E-state index in [4.69, 9.17) is 0 Å². The Kier molecular flexibility index (Phi) is 3.71. The molecule has 1 aromatic carbocycles. The van der Waals surface area contributed by atoms with E-state index in [1.807, 2.05) is 0 Å². The zero-order valence-electron chi connectivity index (χ0n) is 15.9. The normalized spacial score (nSPS) is 40.2. The Morgan fingerprint density at radius 3 is 2.15 bits per heavy atom. The van der Waals surface area contributed by atoms with Gasteiger partial charge in [-0.2, -0.15) is 0 Å². The highest BCUT2D eigenvalue weighted by Crippen LogP contribution is 2.48. The fourth-order valence-corrected chi connectivity index (χ4v) is 7.37. The smallest absolute Gasteiger partial charge is 0.0482 e. The van der Waals surface area contributed by atoms with E-state index >= 15 is 0 Å². The van der Waals surface area contributed by atoms with Crippen molar-refractivity contribution in [1.29, 1.82) is 0 Å². The Bertz CT molecular complexity index is 766. The van der Waals surface area contributed by atoms with Gasteiger partial charge in [-0.3, -0.25) is 4.90 Å². The minimum atomic E-state index is 0.715. The van der Waals surface area contributed by atoms with Crippen molar-refractivity contribution >= 4 is 10.9 Å². The average molecular weight is 349 g/mol. The van der Waals surface area contributed by atoms with E-state index in [9.17, 15) is 0 Å². The van der Waals surface area contributed by atoms with E-state index < -0.39 is 0 Å². The van der Waals surface area contributed by atoms with E-state index in [0.717, 1.165) is 30.0 Å². The fourth-order valence-electron chi connectivity index (χ4n) is 7.37. The van der Waals surface area contributed by atoms with Gasteiger partial charge in [0.25, 0.3) is 0 Å². The third-order valence-electron chi connectivity index (χ3n) is 8.31. The summed E-state index contributed by atoms with van der Waals surface area (Å²) in [5, 5.41) is 1.40. The molecule has 1 aromatic heterocycles. The van der Waals surface area contributed by atoms with Gasteiger partial charge in [0.15, 0.2) is 0 Å². The third-order valence-corrected chi connectivity index (χ3v) is 8.31. The van der Waals surface area contributed by atoms with E-state index in [1.54, 1.807) is 6.42 Å². The predicted molar refractivity (Wildman–Crippen MR) is 107 cm³/mol. The van der Waals surface area contributed by atoms with Crippen molar-refractivity contribution in [2.45, 2.75) is 88.4 Å². The molecular weight excluding hydrogens is 316 g/mol. The molecule has 26 heavy (non-hydrogen) atoms. The first-order valence-electron chi connectivity index (χ1n) is 11.2. The van der Waals surface area contributed by atoms with Crippen LogP contribution in [0.2, 0.25) is 0 Å². The van der Waals surface area contributed by atoms with Gasteiger partial charge in [-0.25, -0.2) is 0 Å². The topological polar surface area (TPSA) is 8.17 Å². The van der Waals surface area contributed by atoms with Gasteiger partial charge >= 0.3 is 0 Å². The van der Waals surface area contributed by atoms with Crippen LogP contribution >= 0.6 is 0 Å². The van der Waals surface area contributed by atoms with Gasteiger partial charge in [-0.05, 0) is 74.3 Å². The average Bonchev–Trinajstić information content (AvgIpc) is 3.20. The molecule has 2 aliphatic carbocycles. The maximum Gasteiger partial charge on any atom is 0.0482 e. The quantitative estimate of drug-likeness (QED) is 0.668. The molecule has 2 aromatic rings. The molecule has 2 nitrogen and oxygen atoms in total. The molecule has 2 saturated carbocycles. The van der Waals surface area contributed by atoms with Crippen molar-refractivity contribution < 1.29 is 0 Å². The van der Waals surface area contributed by atoms with Crippen LogP contribution in [0.4, 0.5) is 0 Å². The number of piperidine rings is 1. The van der Waals surface area contributed by atoms with Crippen LogP contribution < -0.4 is 0 Å². The molecule has 6 atom stereocenters. The first-order valence-corrected chi connectivity index (χ1v) is 11.2. The van der Waals surface area contributed by atoms with Crippen molar-refractivity contribution in [1.82, 2.24) is 9.47 Å². The summed E-state index contributed by atoms with van der Waals surface area (Å²) >= 11 is 0. The third kappa shape index (κ3) is 2.48. The minimum absolute atomic E-state index is 0.715. The number of rotatable bonds is 2. The number of fused-ring (bicyclic) bond motifs is 5. The Labute approximate surface area is 157 Å². The summed E-state index contributed by atoms with van der Waals surface area (Å²) < 4.78 is 2.60. The zero-order valence-corrected chi connectivity index (χ0v) is 15.9. The van der Waals surface area contributed by atoms with E-state index in [0.29, 0.717) is 6.04 Å². The second-order valence-electron chi connectivity index (χ2n) is 9.76. The summed E-state index contributed by atoms with van der Waals surface area (Å²) in [6.45, 7) is 0. The molecule has 0 N–H and O–H groups in total. The Morgan fingerprint density at radius 1 is 0.654 bits per heavy atom. The molecule has 2 saturated heterocycles. The lowest BCUT2D eigenvalue weighted by atomic mass is 9.69. The Morgan fingerprint density at radius 2 is 1.38 bits per heavy atom. The molecule has 4 fully saturated rings. The van der Waals surface area contributed by atoms with Crippen molar-refractivity contribution in [3.05, 3.63) is 36.5 Å². The molecule has 0 radical (unpaired) electrons. The van der Waals surface area contributed by atoms with Crippen molar-refractivity contribution in [2.75, 3.05) is 0 Å². The Hall–Kier alpha value is -1.28.